The zero-order valence-corrected chi connectivity index (χ0v) is 23.4. The van der Waals surface area contributed by atoms with Crippen LogP contribution in [0, 0.1) is 34.5 Å². The second kappa shape index (κ2) is 11.1. The lowest BCUT2D eigenvalue weighted by atomic mass is 9.46. The zero-order valence-electron chi connectivity index (χ0n) is 22.6. The van der Waals surface area contributed by atoms with Crippen LogP contribution in [0.25, 0.3) is 0 Å². The van der Waals surface area contributed by atoms with Gasteiger partial charge >= 0.3 is 5.97 Å². The Kier molecular flexibility index (Phi) is 8.53. The molecule has 0 aliphatic heterocycles. The van der Waals surface area contributed by atoms with Crippen molar-refractivity contribution in [1.82, 2.24) is 0 Å². The molecule has 36 heavy (non-hydrogen) atoms. The lowest BCUT2D eigenvalue weighted by Crippen LogP contribution is -2.55. The van der Waals surface area contributed by atoms with Crippen LogP contribution in [0.4, 0.5) is 0 Å². The largest absolute Gasteiger partial charge is 0.458 e. The lowest BCUT2D eigenvalue weighted by molar-refractivity contribution is -0.151. The van der Waals surface area contributed by atoms with E-state index in [-0.39, 0.29) is 51.3 Å². The van der Waals surface area contributed by atoms with Crippen LogP contribution in [-0.4, -0.2) is 34.5 Å². The highest BCUT2D eigenvalue weighted by atomic mass is 32.2. The first-order valence-corrected chi connectivity index (χ1v) is 15.1. The van der Waals surface area contributed by atoms with Gasteiger partial charge in [-0.25, -0.2) is 0 Å². The number of ketones is 2. The van der Waals surface area contributed by atoms with Crippen LogP contribution in [0.3, 0.4) is 0 Å². The molecule has 4 aliphatic carbocycles. The van der Waals surface area contributed by atoms with E-state index in [1.54, 1.807) is 6.92 Å². The minimum absolute atomic E-state index is 0.0170. The molecule has 3 fully saturated rings. The molecule has 0 aromatic rings. The van der Waals surface area contributed by atoms with Gasteiger partial charge in [-0.3, -0.25) is 19.2 Å². The summed E-state index contributed by atoms with van der Waals surface area (Å²) in [5.41, 5.74) is 1.14. The zero-order chi connectivity index (χ0) is 26.1. The molecule has 0 bridgehead atoms. The molecule has 0 N–H and O–H groups in total. The van der Waals surface area contributed by atoms with Gasteiger partial charge in [0, 0.05) is 30.9 Å². The molecule has 0 heterocycles. The number of allylic oxidation sites excluding steroid dienone is 1. The van der Waals surface area contributed by atoms with Crippen LogP contribution in [0.2, 0.25) is 0 Å². The number of thioether (sulfide) groups is 1. The maximum absolute atomic E-state index is 13.3. The van der Waals surface area contributed by atoms with Gasteiger partial charge in [0.25, 0.3) is 0 Å². The predicted octanol–water partition coefficient (Wildman–Crippen LogP) is 6.48. The molecule has 4 aliphatic rings. The van der Waals surface area contributed by atoms with Gasteiger partial charge in [-0.05, 0) is 79.6 Å². The second-order valence-corrected chi connectivity index (χ2v) is 13.7. The van der Waals surface area contributed by atoms with Crippen molar-refractivity contribution in [2.45, 2.75) is 110 Å². The van der Waals surface area contributed by atoms with Gasteiger partial charge < -0.3 is 4.74 Å². The number of carbonyl (C=O) groups excluding carboxylic acids is 4. The molecule has 0 amide bonds. The number of Topliss-reactive ketones (excluding diaryl/α,β-unsaturated/α-hetero) is 1. The molecule has 0 saturated heterocycles. The average Bonchev–Trinajstić information content (AvgIpc) is 3.18. The molecular formula is C30H44O5S. The third-order valence-corrected chi connectivity index (χ3v) is 11.4. The van der Waals surface area contributed by atoms with E-state index in [2.05, 4.69) is 20.8 Å². The minimum Gasteiger partial charge on any atom is -0.458 e. The molecule has 200 valence electrons. The normalized spacial score (nSPS) is 37.4. The first-order valence-electron chi connectivity index (χ1n) is 14.2. The van der Waals surface area contributed by atoms with Crippen molar-refractivity contribution in [2.24, 2.45) is 34.5 Å². The molecule has 3 saturated carbocycles. The molecule has 4 rings (SSSR count). The number of esters is 1. The third-order valence-electron chi connectivity index (χ3n) is 10.3. The van der Waals surface area contributed by atoms with E-state index < -0.39 is 0 Å². The highest BCUT2D eigenvalue weighted by molar-refractivity contribution is 8.14. The summed E-state index contributed by atoms with van der Waals surface area (Å²) in [6.45, 7) is 8.31. The lowest BCUT2D eigenvalue weighted by Gasteiger charge is -2.60. The highest BCUT2D eigenvalue weighted by Crippen LogP contribution is 2.68. The van der Waals surface area contributed by atoms with Gasteiger partial charge in [0.2, 0.25) is 0 Å². The highest BCUT2D eigenvalue weighted by Gasteiger charge is 2.62. The van der Waals surface area contributed by atoms with Gasteiger partial charge in [-0.2, -0.15) is 0 Å². The van der Waals surface area contributed by atoms with Gasteiger partial charge in [0.1, 0.15) is 6.61 Å². The number of rotatable bonds is 9. The maximum atomic E-state index is 13.3. The van der Waals surface area contributed by atoms with E-state index >= 15 is 0 Å². The van der Waals surface area contributed by atoms with Gasteiger partial charge in [-0.15, -0.1) is 0 Å². The Balaban J connectivity index is 1.48. The number of hydrogen-bond donors (Lipinski definition) is 0. The van der Waals surface area contributed by atoms with Crippen molar-refractivity contribution in [2.75, 3.05) is 6.61 Å². The predicted molar refractivity (Wildman–Crippen MR) is 142 cm³/mol. The Labute approximate surface area is 220 Å². The van der Waals surface area contributed by atoms with Crippen molar-refractivity contribution >= 4 is 34.4 Å². The van der Waals surface area contributed by atoms with Crippen LogP contribution >= 0.6 is 11.8 Å². The fraction of sp³-hybridized carbons (Fsp3) is 0.800. The van der Waals surface area contributed by atoms with Crippen LogP contribution in [-0.2, 0) is 23.9 Å². The number of fused-ring (bicyclic) bond motifs is 5. The summed E-state index contributed by atoms with van der Waals surface area (Å²) in [5, 5.41) is 0.297. The Hall–Kier alpha value is -1.43. The molecule has 0 aromatic heterocycles. The Morgan fingerprint density at radius 1 is 1.06 bits per heavy atom. The van der Waals surface area contributed by atoms with Crippen molar-refractivity contribution in [1.29, 1.82) is 0 Å². The average molecular weight is 517 g/mol. The summed E-state index contributed by atoms with van der Waals surface area (Å²) in [4.78, 5) is 50.1. The van der Waals surface area contributed by atoms with Crippen LogP contribution in [0.5, 0.6) is 0 Å². The number of ether oxygens (including phenoxy) is 1. The monoisotopic (exact) mass is 516 g/mol. The standard InChI is InChI=1S/C30H44O5S/c1-5-6-7-8-9-27(34)35-18-25(33)22-10-11-23-28-24(13-15-30(22,23)4)29(3)14-12-21(32)16-20(29)17-26(28)36-19(2)31/h16,22-24,26,28H,5-15,17-18H2,1-4H3/t22-,23+,24+,26?,28+,29+,30-/m1/s1. The molecular weight excluding hydrogens is 472 g/mol. The maximum Gasteiger partial charge on any atom is 0.306 e. The molecule has 0 aromatic carbocycles. The minimum atomic E-state index is -0.257. The molecule has 7 atom stereocenters. The third kappa shape index (κ3) is 5.26. The quantitative estimate of drug-likeness (QED) is 0.258. The number of carbonyl (C=O) groups is 4. The molecule has 0 spiro atoms. The Bertz CT molecular complexity index is 924. The topological polar surface area (TPSA) is 77.5 Å². The Morgan fingerprint density at radius 3 is 2.56 bits per heavy atom. The van der Waals surface area contributed by atoms with Crippen molar-refractivity contribution in [3.8, 4) is 0 Å². The summed E-state index contributed by atoms with van der Waals surface area (Å²) in [6, 6.07) is 0. The van der Waals surface area contributed by atoms with Crippen LogP contribution < -0.4 is 0 Å². The summed E-state index contributed by atoms with van der Waals surface area (Å²) < 4.78 is 5.42. The first-order chi connectivity index (χ1) is 17.1. The fourth-order valence-electron chi connectivity index (χ4n) is 8.38. The summed E-state index contributed by atoms with van der Waals surface area (Å²) >= 11 is 1.45. The summed E-state index contributed by atoms with van der Waals surface area (Å²) in [7, 11) is 0. The number of hydrogen-bond acceptors (Lipinski definition) is 6. The van der Waals surface area contributed by atoms with Crippen LogP contribution in [0.15, 0.2) is 11.6 Å². The molecule has 0 radical (unpaired) electrons. The summed E-state index contributed by atoms with van der Waals surface area (Å²) in [6.07, 6.45) is 12.5. The first kappa shape index (κ1) is 27.6. The van der Waals surface area contributed by atoms with Crippen molar-refractivity contribution in [3.63, 3.8) is 0 Å². The van der Waals surface area contributed by atoms with E-state index in [4.69, 9.17) is 4.74 Å². The fourth-order valence-corrected chi connectivity index (χ4v) is 9.61. The SMILES string of the molecule is CCCCCCC(=O)OCC(=O)[C@H]1CC[C@H]2[C@@H]3C(SC(C)=O)CC4=CC(=O)CC[C@]4(C)[C@H]3CC[C@]12C. The second-order valence-electron chi connectivity index (χ2n) is 12.3. The molecule has 1 unspecified atom stereocenters. The molecule has 6 heteroatoms. The van der Waals surface area contributed by atoms with Crippen LogP contribution in [0.1, 0.15) is 105 Å². The van der Waals surface area contributed by atoms with E-state index in [1.807, 2.05) is 6.08 Å². The molecule has 5 nitrogen and oxygen atoms in total. The van der Waals surface area contributed by atoms with Gasteiger partial charge in [0.05, 0.1) is 0 Å². The van der Waals surface area contributed by atoms with Crippen molar-refractivity contribution < 1.29 is 23.9 Å². The van der Waals surface area contributed by atoms with E-state index in [0.29, 0.717) is 30.6 Å². The van der Waals surface area contributed by atoms with E-state index in [0.717, 1.165) is 64.2 Å². The smallest absolute Gasteiger partial charge is 0.306 e. The number of unbranched alkanes of at least 4 members (excludes halogenated alkanes) is 3. The van der Waals surface area contributed by atoms with E-state index in [9.17, 15) is 19.2 Å². The van der Waals surface area contributed by atoms with Gasteiger partial charge in [0.15, 0.2) is 16.7 Å². The Morgan fingerprint density at radius 2 is 1.83 bits per heavy atom. The van der Waals surface area contributed by atoms with Gasteiger partial charge in [-0.1, -0.05) is 57.4 Å². The van der Waals surface area contributed by atoms with E-state index in [1.165, 1.54) is 17.3 Å². The summed E-state index contributed by atoms with van der Waals surface area (Å²) in [5.74, 6) is 1.13. The van der Waals surface area contributed by atoms with Crippen molar-refractivity contribution in [3.05, 3.63) is 11.6 Å².